The minimum Gasteiger partial charge on any atom is -0.381 e. The van der Waals surface area contributed by atoms with Crippen molar-refractivity contribution >= 4 is 17.3 Å². The third-order valence-corrected chi connectivity index (χ3v) is 3.16. The lowest BCUT2D eigenvalue weighted by atomic mass is 10.1. The second kappa shape index (κ2) is 5.36. The van der Waals surface area contributed by atoms with Crippen LogP contribution >= 0.6 is 11.6 Å². The minimum absolute atomic E-state index is 0.0395. The van der Waals surface area contributed by atoms with Gasteiger partial charge in [-0.15, -0.1) is 0 Å². The summed E-state index contributed by atoms with van der Waals surface area (Å²) >= 11 is 5.82. The number of alkyl halides is 3. The molecule has 1 unspecified atom stereocenters. The van der Waals surface area contributed by atoms with Crippen molar-refractivity contribution in [3.05, 3.63) is 28.8 Å². The largest absolute Gasteiger partial charge is 0.418 e. The molecule has 1 N–H and O–H groups in total. The van der Waals surface area contributed by atoms with Gasteiger partial charge < -0.3 is 10.1 Å². The molecule has 18 heavy (non-hydrogen) atoms. The van der Waals surface area contributed by atoms with Crippen LogP contribution in [-0.2, 0) is 10.9 Å². The highest BCUT2D eigenvalue weighted by atomic mass is 35.5. The summed E-state index contributed by atoms with van der Waals surface area (Å²) < 4.78 is 43.8. The Bertz CT molecular complexity index is 416. The molecule has 1 saturated heterocycles. The highest BCUT2D eigenvalue weighted by Crippen LogP contribution is 2.38. The molecule has 0 amide bonds. The van der Waals surface area contributed by atoms with E-state index in [9.17, 15) is 13.2 Å². The molecule has 0 bridgehead atoms. The lowest BCUT2D eigenvalue weighted by Crippen LogP contribution is -2.20. The molecular weight excluding hydrogens is 267 g/mol. The molecule has 0 aliphatic carbocycles. The quantitative estimate of drug-likeness (QED) is 0.904. The summed E-state index contributed by atoms with van der Waals surface area (Å²) in [7, 11) is 0. The molecule has 1 aromatic rings. The normalized spacial score (nSPS) is 20.1. The minimum atomic E-state index is -4.41. The van der Waals surface area contributed by atoms with Gasteiger partial charge in [-0.25, -0.2) is 0 Å². The average Bonchev–Trinajstić information content (AvgIpc) is 2.78. The molecule has 1 aromatic carbocycles. The molecule has 1 fully saturated rings. The van der Waals surface area contributed by atoms with Gasteiger partial charge in [0.2, 0.25) is 0 Å². The maximum atomic E-state index is 12.8. The number of nitrogens with one attached hydrogen (secondary N) is 1. The first kappa shape index (κ1) is 13.5. The Morgan fingerprint density at radius 2 is 2.17 bits per heavy atom. The van der Waals surface area contributed by atoms with Gasteiger partial charge >= 0.3 is 6.18 Å². The van der Waals surface area contributed by atoms with Crippen molar-refractivity contribution in [2.24, 2.45) is 0 Å². The van der Waals surface area contributed by atoms with Crippen molar-refractivity contribution in [2.45, 2.75) is 25.1 Å². The lowest BCUT2D eigenvalue weighted by molar-refractivity contribution is -0.137. The number of para-hydroxylation sites is 1. The molecule has 1 aliphatic heterocycles. The molecule has 1 atom stereocenters. The molecule has 1 heterocycles. The van der Waals surface area contributed by atoms with E-state index in [1.807, 2.05) is 0 Å². The van der Waals surface area contributed by atoms with Crippen LogP contribution in [0.2, 0.25) is 5.02 Å². The third kappa shape index (κ3) is 3.09. The summed E-state index contributed by atoms with van der Waals surface area (Å²) in [5.74, 6) is 0. The van der Waals surface area contributed by atoms with Gasteiger partial charge in [0.1, 0.15) is 0 Å². The van der Waals surface area contributed by atoms with E-state index in [4.69, 9.17) is 16.3 Å². The van der Waals surface area contributed by atoms with Crippen LogP contribution in [0, 0.1) is 0 Å². The highest BCUT2D eigenvalue weighted by Gasteiger charge is 2.34. The first-order valence-corrected chi connectivity index (χ1v) is 6.07. The zero-order valence-corrected chi connectivity index (χ0v) is 10.3. The molecule has 0 radical (unpaired) electrons. The van der Waals surface area contributed by atoms with Crippen molar-refractivity contribution in [3.8, 4) is 0 Å². The second-order valence-electron chi connectivity index (χ2n) is 4.18. The summed E-state index contributed by atoms with van der Waals surface area (Å²) in [6.45, 7) is 1.01. The van der Waals surface area contributed by atoms with Crippen LogP contribution in [0.3, 0.4) is 0 Å². The number of halogens is 4. The zero-order chi connectivity index (χ0) is 13.2. The molecule has 100 valence electrons. The topological polar surface area (TPSA) is 21.3 Å². The first-order valence-electron chi connectivity index (χ1n) is 5.69. The van der Waals surface area contributed by atoms with Gasteiger partial charge in [-0.1, -0.05) is 17.7 Å². The third-order valence-electron chi connectivity index (χ3n) is 2.85. The number of rotatable bonds is 3. The summed E-state index contributed by atoms with van der Waals surface area (Å²) in [6.07, 6.45) is -2.65. The van der Waals surface area contributed by atoms with Gasteiger partial charge in [0.05, 0.1) is 22.4 Å². The van der Waals surface area contributed by atoms with Gasteiger partial charge in [0.15, 0.2) is 0 Å². The van der Waals surface area contributed by atoms with Crippen LogP contribution in [0.4, 0.5) is 18.9 Å². The average molecular weight is 280 g/mol. The van der Waals surface area contributed by atoms with Crippen molar-refractivity contribution in [1.82, 2.24) is 0 Å². The first-order chi connectivity index (χ1) is 8.48. The molecular formula is C12H13ClF3NO. The number of benzene rings is 1. The number of hydrogen-bond acceptors (Lipinski definition) is 2. The van der Waals surface area contributed by atoms with Gasteiger partial charge in [0.25, 0.3) is 0 Å². The molecule has 6 heteroatoms. The highest BCUT2D eigenvalue weighted by molar-refractivity contribution is 6.33. The predicted molar refractivity (Wildman–Crippen MR) is 63.9 cm³/mol. The van der Waals surface area contributed by atoms with Crippen molar-refractivity contribution in [1.29, 1.82) is 0 Å². The van der Waals surface area contributed by atoms with E-state index in [0.717, 1.165) is 18.9 Å². The predicted octanol–water partition coefficient (Wildman–Crippen LogP) is 3.95. The lowest BCUT2D eigenvalue weighted by Gasteiger charge is -2.18. The number of ether oxygens (including phenoxy) is 1. The number of hydrogen-bond donors (Lipinski definition) is 1. The van der Waals surface area contributed by atoms with Gasteiger partial charge in [-0.05, 0) is 25.0 Å². The van der Waals surface area contributed by atoms with E-state index in [1.165, 1.54) is 12.1 Å². The standard InChI is InChI=1S/C12H13ClF3NO/c13-10-5-1-4-9(12(14,15)16)11(10)17-7-8-3-2-6-18-8/h1,4-5,8,17H,2-3,6-7H2. The molecule has 0 aromatic heterocycles. The molecule has 2 rings (SSSR count). The monoisotopic (exact) mass is 279 g/mol. The van der Waals surface area contributed by atoms with Crippen LogP contribution < -0.4 is 5.32 Å². The smallest absolute Gasteiger partial charge is 0.381 e. The maximum absolute atomic E-state index is 12.8. The van der Waals surface area contributed by atoms with Crippen LogP contribution in [0.1, 0.15) is 18.4 Å². The fourth-order valence-electron chi connectivity index (χ4n) is 1.96. The van der Waals surface area contributed by atoms with Crippen LogP contribution in [0.25, 0.3) is 0 Å². The second-order valence-corrected chi connectivity index (χ2v) is 4.58. The van der Waals surface area contributed by atoms with Gasteiger partial charge in [0, 0.05) is 13.2 Å². The molecule has 1 aliphatic rings. The fourth-order valence-corrected chi connectivity index (χ4v) is 2.20. The van der Waals surface area contributed by atoms with Crippen LogP contribution in [0.15, 0.2) is 18.2 Å². The van der Waals surface area contributed by atoms with E-state index < -0.39 is 11.7 Å². The zero-order valence-electron chi connectivity index (χ0n) is 9.56. The Balaban J connectivity index is 2.14. The van der Waals surface area contributed by atoms with E-state index >= 15 is 0 Å². The Morgan fingerprint density at radius 3 is 2.78 bits per heavy atom. The Labute approximate surface area is 108 Å². The molecule has 0 spiro atoms. The van der Waals surface area contributed by atoms with Crippen molar-refractivity contribution in [3.63, 3.8) is 0 Å². The summed E-state index contributed by atoms with van der Waals surface area (Å²) in [4.78, 5) is 0. The van der Waals surface area contributed by atoms with E-state index in [2.05, 4.69) is 5.32 Å². The molecule has 2 nitrogen and oxygen atoms in total. The summed E-state index contributed by atoms with van der Waals surface area (Å²) in [6, 6.07) is 3.75. The van der Waals surface area contributed by atoms with E-state index in [0.29, 0.717) is 13.2 Å². The summed E-state index contributed by atoms with van der Waals surface area (Å²) in [5.41, 5.74) is -0.810. The van der Waals surface area contributed by atoms with Crippen molar-refractivity contribution in [2.75, 3.05) is 18.5 Å². The van der Waals surface area contributed by atoms with Gasteiger partial charge in [-0.2, -0.15) is 13.2 Å². The van der Waals surface area contributed by atoms with Crippen LogP contribution in [0.5, 0.6) is 0 Å². The van der Waals surface area contributed by atoms with E-state index in [-0.39, 0.29) is 16.8 Å². The fraction of sp³-hybridized carbons (Fsp3) is 0.500. The Morgan fingerprint density at radius 1 is 1.39 bits per heavy atom. The molecule has 0 saturated carbocycles. The SMILES string of the molecule is FC(F)(F)c1cccc(Cl)c1NCC1CCCO1. The van der Waals surface area contributed by atoms with Gasteiger partial charge in [-0.3, -0.25) is 0 Å². The maximum Gasteiger partial charge on any atom is 0.418 e. The Hall–Kier alpha value is -0.940. The Kier molecular flexibility index (Phi) is 4.02. The summed E-state index contributed by atoms with van der Waals surface area (Å²) in [5, 5.41) is 2.83. The van der Waals surface area contributed by atoms with Crippen molar-refractivity contribution < 1.29 is 17.9 Å². The van der Waals surface area contributed by atoms with E-state index in [1.54, 1.807) is 0 Å². The van der Waals surface area contributed by atoms with Crippen LogP contribution in [-0.4, -0.2) is 19.3 Å². The number of anilines is 1.